The molecule has 4 heteroatoms. The number of benzene rings is 1. The first-order valence-corrected chi connectivity index (χ1v) is 7.38. The summed E-state index contributed by atoms with van der Waals surface area (Å²) in [4.78, 5) is 0. The number of hydrogen-bond acceptors (Lipinski definition) is 2. The number of rotatable bonds is 4. The first-order chi connectivity index (χ1) is 8.60. The van der Waals surface area contributed by atoms with E-state index in [-0.39, 0.29) is 0 Å². The molecule has 0 amide bonds. The molecule has 1 aromatic carbocycles. The average Bonchev–Trinajstić information content (AvgIpc) is 2.69. The Bertz CT molecular complexity index is 519. The minimum absolute atomic E-state index is 0.552. The summed E-state index contributed by atoms with van der Waals surface area (Å²) < 4.78 is 1.17. The molecule has 2 aromatic rings. The van der Waals surface area contributed by atoms with Crippen LogP contribution in [-0.2, 0) is 12.8 Å². The number of thiophene rings is 1. The van der Waals surface area contributed by atoms with Crippen molar-refractivity contribution in [2.24, 2.45) is 0 Å². The fraction of sp³-hybridized carbons (Fsp3) is 0.286. The van der Waals surface area contributed by atoms with Crippen molar-refractivity contribution >= 4 is 34.5 Å². The molecule has 0 spiro atoms. The summed E-state index contributed by atoms with van der Waals surface area (Å²) >= 11 is 13.2. The van der Waals surface area contributed by atoms with E-state index in [0.29, 0.717) is 20.7 Å². The zero-order valence-electron chi connectivity index (χ0n) is 9.99. The van der Waals surface area contributed by atoms with Gasteiger partial charge in [0.15, 0.2) is 0 Å². The standard InChI is InChI=1S/C14H14Cl2OS/c1-2-9-3-5-10(6-4-9)7-12(17)11-8-13(15)18-14(11)16/h3-6,8,12,17H,2,7H2,1H3. The molecular weight excluding hydrogens is 287 g/mol. The fourth-order valence-electron chi connectivity index (χ4n) is 1.82. The van der Waals surface area contributed by atoms with Crippen LogP contribution in [0.3, 0.4) is 0 Å². The van der Waals surface area contributed by atoms with Gasteiger partial charge in [-0.25, -0.2) is 0 Å². The van der Waals surface area contributed by atoms with Gasteiger partial charge in [-0.15, -0.1) is 11.3 Å². The Balaban J connectivity index is 2.10. The number of hydrogen-bond donors (Lipinski definition) is 1. The van der Waals surface area contributed by atoms with Gasteiger partial charge in [0.2, 0.25) is 0 Å². The third-order valence-electron chi connectivity index (χ3n) is 2.90. The van der Waals surface area contributed by atoms with Crippen LogP contribution in [0.25, 0.3) is 0 Å². The molecule has 0 aliphatic rings. The molecule has 0 saturated heterocycles. The highest BCUT2D eigenvalue weighted by Gasteiger charge is 2.15. The summed E-state index contributed by atoms with van der Waals surface area (Å²) in [6.07, 6.45) is 0.972. The highest BCUT2D eigenvalue weighted by Crippen LogP contribution is 2.36. The largest absolute Gasteiger partial charge is 0.388 e. The molecule has 0 fully saturated rings. The number of halogens is 2. The highest BCUT2D eigenvalue weighted by molar-refractivity contribution is 7.20. The Morgan fingerprint density at radius 2 is 1.78 bits per heavy atom. The van der Waals surface area contributed by atoms with Crippen LogP contribution in [0.4, 0.5) is 0 Å². The maximum atomic E-state index is 10.2. The van der Waals surface area contributed by atoms with E-state index in [2.05, 4.69) is 19.1 Å². The van der Waals surface area contributed by atoms with Gasteiger partial charge in [0, 0.05) is 12.0 Å². The molecule has 0 saturated carbocycles. The Hall–Kier alpha value is -0.540. The summed E-state index contributed by atoms with van der Waals surface area (Å²) in [5.41, 5.74) is 3.11. The van der Waals surface area contributed by atoms with E-state index >= 15 is 0 Å². The normalized spacial score (nSPS) is 12.7. The van der Waals surface area contributed by atoms with Gasteiger partial charge < -0.3 is 5.11 Å². The van der Waals surface area contributed by atoms with E-state index < -0.39 is 6.10 Å². The molecular formula is C14H14Cl2OS. The Morgan fingerprint density at radius 3 is 2.28 bits per heavy atom. The number of aliphatic hydroxyl groups is 1. The number of aryl methyl sites for hydroxylation is 1. The lowest BCUT2D eigenvalue weighted by atomic mass is 10.0. The van der Waals surface area contributed by atoms with Crippen molar-refractivity contribution in [3.8, 4) is 0 Å². The van der Waals surface area contributed by atoms with Crippen molar-refractivity contribution in [1.82, 2.24) is 0 Å². The van der Waals surface area contributed by atoms with Crippen LogP contribution >= 0.6 is 34.5 Å². The number of aliphatic hydroxyl groups excluding tert-OH is 1. The first kappa shape index (κ1) is 13.9. The molecule has 0 bridgehead atoms. The molecule has 0 radical (unpaired) electrons. The quantitative estimate of drug-likeness (QED) is 0.852. The second kappa shape index (κ2) is 6.07. The molecule has 18 heavy (non-hydrogen) atoms. The molecule has 1 atom stereocenters. The van der Waals surface area contributed by atoms with Crippen molar-refractivity contribution in [3.63, 3.8) is 0 Å². The van der Waals surface area contributed by atoms with Gasteiger partial charge >= 0.3 is 0 Å². The van der Waals surface area contributed by atoms with Gasteiger partial charge in [-0.3, -0.25) is 0 Å². The SMILES string of the molecule is CCc1ccc(CC(O)c2cc(Cl)sc2Cl)cc1. The lowest BCUT2D eigenvalue weighted by Gasteiger charge is -2.10. The van der Waals surface area contributed by atoms with Gasteiger partial charge in [-0.05, 0) is 23.6 Å². The molecule has 2 rings (SSSR count). The third-order valence-corrected chi connectivity index (χ3v) is 4.42. The van der Waals surface area contributed by atoms with Gasteiger partial charge in [0.25, 0.3) is 0 Å². The lowest BCUT2D eigenvalue weighted by molar-refractivity contribution is 0.179. The fourth-order valence-corrected chi connectivity index (χ4v) is 3.39. The zero-order valence-corrected chi connectivity index (χ0v) is 12.3. The van der Waals surface area contributed by atoms with Crippen LogP contribution < -0.4 is 0 Å². The molecule has 0 aliphatic heterocycles. The molecule has 96 valence electrons. The lowest BCUT2D eigenvalue weighted by Crippen LogP contribution is -2.01. The van der Waals surface area contributed by atoms with Gasteiger partial charge in [-0.1, -0.05) is 54.4 Å². The smallest absolute Gasteiger partial charge is 0.100 e. The molecule has 1 nitrogen and oxygen atoms in total. The molecule has 1 unspecified atom stereocenters. The highest BCUT2D eigenvalue weighted by atomic mass is 35.5. The zero-order chi connectivity index (χ0) is 13.1. The van der Waals surface area contributed by atoms with Gasteiger partial charge in [-0.2, -0.15) is 0 Å². The van der Waals surface area contributed by atoms with E-state index in [9.17, 15) is 5.11 Å². The van der Waals surface area contributed by atoms with E-state index in [1.165, 1.54) is 16.9 Å². The second-order valence-electron chi connectivity index (χ2n) is 4.17. The van der Waals surface area contributed by atoms with Gasteiger partial charge in [0.05, 0.1) is 10.4 Å². The van der Waals surface area contributed by atoms with E-state index in [0.717, 1.165) is 12.0 Å². The van der Waals surface area contributed by atoms with Crippen molar-refractivity contribution in [2.45, 2.75) is 25.9 Å². The minimum Gasteiger partial charge on any atom is -0.388 e. The molecule has 1 heterocycles. The predicted molar refractivity (Wildman–Crippen MR) is 78.8 cm³/mol. The van der Waals surface area contributed by atoms with Crippen LogP contribution in [0.1, 0.15) is 29.7 Å². The monoisotopic (exact) mass is 300 g/mol. The summed E-state index contributed by atoms with van der Waals surface area (Å²) in [6.45, 7) is 2.12. The average molecular weight is 301 g/mol. The Kier molecular flexibility index (Phi) is 4.68. The van der Waals surface area contributed by atoms with E-state index in [1.807, 2.05) is 12.1 Å². The van der Waals surface area contributed by atoms with Crippen LogP contribution in [0.5, 0.6) is 0 Å². The molecule has 1 aromatic heterocycles. The topological polar surface area (TPSA) is 20.2 Å². The Morgan fingerprint density at radius 1 is 1.17 bits per heavy atom. The molecule has 0 aliphatic carbocycles. The summed E-state index contributed by atoms with van der Waals surface area (Å²) in [7, 11) is 0. The predicted octanol–water partition coefficient (Wildman–Crippen LogP) is 4.89. The maximum Gasteiger partial charge on any atom is 0.100 e. The van der Waals surface area contributed by atoms with Crippen LogP contribution in [0.15, 0.2) is 30.3 Å². The minimum atomic E-state index is -0.603. The van der Waals surface area contributed by atoms with Crippen LogP contribution in [0, 0.1) is 0 Å². The van der Waals surface area contributed by atoms with Crippen LogP contribution in [-0.4, -0.2) is 5.11 Å². The first-order valence-electron chi connectivity index (χ1n) is 5.80. The third kappa shape index (κ3) is 3.27. The van der Waals surface area contributed by atoms with E-state index in [1.54, 1.807) is 6.07 Å². The molecule has 1 N–H and O–H groups in total. The summed E-state index contributed by atoms with van der Waals surface area (Å²) in [6, 6.07) is 10.0. The van der Waals surface area contributed by atoms with Crippen molar-refractivity contribution in [1.29, 1.82) is 0 Å². The van der Waals surface area contributed by atoms with Crippen molar-refractivity contribution in [2.75, 3.05) is 0 Å². The van der Waals surface area contributed by atoms with Gasteiger partial charge in [0.1, 0.15) is 4.34 Å². The van der Waals surface area contributed by atoms with Crippen molar-refractivity contribution in [3.05, 3.63) is 55.7 Å². The second-order valence-corrected chi connectivity index (χ2v) is 6.46. The van der Waals surface area contributed by atoms with E-state index in [4.69, 9.17) is 23.2 Å². The Labute approximate surface area is 121 Å². The summed E-state index contributed by atoms with van der Waals surface area (Å²) in [5, 5.41) is 10.2. The van der Waals surface area contributed by atoms with Crippen LogP contribution in [0.2, 0.25) is 8.67 Å². The van der Waals surface area contributed by atoms with Crippen molar-refractivity contribution < 1.29 is 5.11 Å². The maximum absolute atomic E-state index is 10.2. The summed E-state index contributed by atoms with van der Waals surface area (Å²) in [5.74, 6) is 0.